The molecule has 134 heavy (non-hydrogen) atoms. The minimum Gasteiger partial charge on any atom is -0.507 e. The van der Waals surface area contributed by atoms with Gasteiger partial charge in [0.15, 0.2) is 5.78 Å². The van der Waals surface area contributed by atoms with Crippen molar-refractivity contribution in [1.82, 2.24) is 57.9 Å². The Morgan fingerprint density at radius 2 is 1.02 bits per heavy atom. The van der Waals surface area contributed by atoms with Crippen molar-refractivity contribution in [1.29, 1.82) is 5.26 Å². The van der Waals surface area contributed by atoms with Crippen LogP contribution in [0, 0.1) is 30.0 Å². The van der Waals surface area contributed by atoms with Crippen molar-refractivity contribution in [3.63, 3.8) is 0 Å². The van der Waals surface area contributed by atoms with Crippen molar-refractivity contribution in [2.24, 2.45) is 5.92 Å². The first-order valence-electron chi connectivity index (χ1n) is 46.0. The van der Waals surface area contributed by atoms with Gasteiger partial charge in [0.2, 0.25) is 0 Å². The first-order valence-corrected chi connectivity index (χ1v) is 46.4. The van der Waals surface area contributed by atoms with Crippen LogP contribution in [0.25, 0.3) is 11.1 Å². The number of aromatic nitrogens is 4. The second-order valence-electron chi connectivity index (χ2n) is 38.7. The number of nitriles is 1. The van der Waals surface area contributed by atoms with Gasteiger partial charge in [-0.2, -0.15) is 31.6 Å². The maximum Gasteiger partial charge on any atom is 0.456 e. The Balaban J connectivity index is 0.000000174. The largest absolute Gasteiger partial charge is 0.507 e. The van der Waals surface area contributed by atoms with Gasteiger partial charge in [-0.1, -0.05) is 55.8 Å². The van der Waals surface area contributed by atoms with Gasteiger partial charge in [-0.05, 0) is 260 Å². The van der Waals surface area contributed by atoms with Crippen LogP contribution in [0.1, 0.15) is 226 Å². The fourth-order valence-corrected chi connectivity index (χ4v) is 21.0. The number of Topliss-reactive ketones (excluding diaryl/α,β-unsaturated/α-hetero) is 2. The highest BCUT2D eigenvalue weighted by atomic mass is 35.5. The van der Waals surface area contributed by atoms with E-state index in [1.54, 1.807) is 92.2 Å². The molecule has 722 valence electrons. The number of likely N-dealkylation sites (tertiary alicyclic amines) is 4. The molecule has 32 heteroatoms. The standard InChI is InChI=1S/C28H28F3N3O3.C26H35N3O3.C25H31F4N3O3.C23H27ClN4O2.3H2/c1-26(2)17-34-21(24(36)28(29,30)31)10-11-23(34)27(32-26)12-14-33(15-13-27)25(37)19-8-9-20(22(35)16-19)18-6-4-3-5-7-18;1-19(2)11-18-32-22-7-5-21(6-8-22)25(31)28-14-12-26(13-15-28)24-10-9-23(20(3)30)29(24)17-16-27(26)4;1-16-13-17(5-6-19(16)35-15-23(2,3)34)22(33)31-9-7-24(8-10-31)21-18(26)14-20(25(27,28)29)32(21)12-11-30(24)4;1-16(2)30-19-5-4-17(14-18(19)15-25)22(29)27-10-8-23(9-11-27)20-6-7-21(24)28(20)13-12-26(23)3;;;/h3-11,16,32,35H,12-15,17H2,1-2H3;5-10,19H,11-18H2,1-4H3;5-6,13-14,34H,7-12,15H2,1-4H3;4-7,14,16H,8-13H2,1-3H3;3*1H. The predicted molar refractivity (Wildman–Crippen MR) is 502 cm³/mol. The summed E-state index contributed by atoms with van der Waals surface area (Å²) in [7, 11) is 6.13. The molecule has 4 saturated heterocycles. The molecule has 5 aromatic carbocycles. The number of phenols is 1. The number of rotatable bonds is 16. The molecule has 3 N–H and O–H groups in total. The van der Waals surface area contributed by atoms with E-state index in [2.05, 4.69) is 70.4 Å². The summed E-state index contributed by atoms with van der Waals surface area (Å²) < 4.78 is 119. The van der Waals surface area contributed by atoms with Gasteiger partial charge in [0, 0.05) is 166 Å². The third-order valence-corrected chi connectivity index (χ3v) is 28.2. The van der Waals surface area contributed by atoms with Crippen molar-refractivity contribution in [3.05, 3.63) is 236 Å². The molecular formula is C102H127ClF7N13O11. The number of ketones is 2. The second kappa shape index (κ2) is 39.2. The molecule has 0 radical (unpaired) electrons. The molecule has 8 aliphatic heterocycles. The van der Waals surface area contributed by atoms with E-state index in [9.17, 15) is 75.0 Å². The number of hydrogen-bond donors (Lipinski definition) is 3. The van der Waals surface area contributed by atoms with Gasteiger partial charge in [0.1, 0.15) is 52.3 Å². The first kappa shape index (κ1) is 98.7. The molecule has 12 heterocycles. The Morgan fingerprint density at radius 1 is 0.545 bits per heavy atom. The number of likely N-dealkylation sites (N-methyl/N-ethyl adjacent to an activating group) is 3. The number of aromatic hydroxyl groups is 1. The van der Waals surface area contributed by atoms with E-state index in [0.717, 1.165) is 90.6 Å². The van der Waals surface area contributed by atoms with Crippen LogP contribution in [0.2, 0.25) is 5.15 Å². The number of halogens is 8. The lowest BCUT2D eigenvalue weighted by Crippen LogP contribution is -2.63. The van der Waals surface area contributed by atoms with E-state index in [1.165, 1.54) is 28.1 Å². The molecule has 0 saturated carbocycles. The number of amides is 4. The van der Waals surface area contributed by atoms with E-state index < -0.39 is 51.9 Å². The van der Waals surface area contributed by atoms with E-state index >= 15 is 0 Å². The monoisotopic (exact) mass is 1880 g/mol. The zero-order chi connectivity index (χ0) is 96.7. The van der Waals surface area contributed by atoms with Crippen LogP contribution in [0.3, 0.4) is 0 Å². The number of piperidine rings is 4. The van der Waals surface area contributed by atoms with Gasteiger partial charge >= 0.3 is 12.4 Å². The Bertz CT molecular complexity index is 5870. The number of ether oxygens (including phenoxy) is 3. The van der Waals surface area contributed by atoms with Crippen LogP contribution in [-0.2, 0) is 54.5 Å². The average Bonchev–Trinajstić information content (AvgIpc) is 1.60. The van der Waals surface area contributed by atoms with Crippen molar-refractivity contribution in [2.75, 3.05) is 106 Å². The molecule has 4 spiro atoms. The van der Waals surface area contributed by atoms with Gasteiger partial charge in [0.25, 0.3) is 29.4 Å². The summed E-state index contributed by atoms with van der Waals surface area (Å²) in [5.41, 5.74) is 4.02. The topological polar surface area (TPSA) is 249 Å². The molecule has 24 nitrogen and oxygen atoms in total. The summed E-state index contributed by atoms with van der Waals surface area (Å²) in [5, 5.41) is 34.3. The highest BCUT2D eigenvalue weighted by Gasteiger charge is 2.54. The highest BCUT2D eigenvalue weighted by Crippen LogP contribution is 2.49. The average molecular weight is 1880 g/mol. The van der Waals surface area contributed by atoms with Gasteiger partial charge in [-0.15, -0.1) is 0 Å². The van der Waals surface area contributed by atoms with Crippen molar-refractivity contribution in [2.45, 2.75) is 205 Å². The third kappa shape index (κ3) is 20.5. The zero-order valence-corrected chi connectivity index (χ0v) is 79.2. The molecule has 4 fully saturated rings. The second-order valence-corrected chi connectivity index (χ2v) is 39.1. The Morgan fingerprint density at radius 3 is 1.54 bits per heavy atom. The van der Waals surface area contributed by atoms with E-state index in [1.807, 2.05) is 116 Å². The normalized spacial score (nSPS) is 18.4. The number of aliphatic hydroxyl groups is 1. The van der Waals surface area contributed by atoms with Crippen molar-refractivity contribution >= 4 is 46.8 Å². The molecule has 0 atom stereocenters. The quantitative estimate of drug-likeness (QED) is 0.0601. The Hall–Kier alpha value is -11.3. The number of carbonyl (C=O) groups excluding carboxylic acids is 6. The number of alkyl halides is 6. The number of carbonyl (C=O) groups is 6. The van der Waals surface area contributed by atoms with Crippen molar-refractivity contribution < 1.29 is 88.2 Å². The maximum absolute atomic E-state index is 14.9. The lowest BCUT2D eigenvalue weighted by molar-refractivity contribution is -0.144. The highest BCUT2D eigenvalue weighted by molar-refractivity contribution is 6.29. The molecular weight excluding hydrogens is 1750 g/mol. The SMILES string of the molecule is CC(=O)c1ccc2n1CCN(C)C21CCN(C(=O)c2ccc(OCCC(C)C)cc2)CC1.CC(C)Oc1ccc(C(=O)N2CCC3(CC2)c2ccc(Cl)n2CCN3C)cc1C#N.CC1(C)Cn2c(C(=O)C(F)(F)F)ccc2C2(CCN(C(=O)c3ccc(-c4ccccc4)c(O)c3)CC2)N1.Cc1cc(C(=O)N2CCC3(CC2)c2c(F)cc(C(F)(F)F)n2CCN3C)ccc1OCC(C)(C)O.[HH].[HH].[HH]. The maximum atomic E-state index is 14.9. The molecule has 0 bridgehead atoms. The Labute approximate surface area is 787 Å². The molecule has 0 aliphatic carbocycles. The lowest BCUT2D eigenvalue weighted by Gasteiger charge is -2.51. The number of phenolic OH excluding ortho intramolecular Hbond substituents is 1. The summed E-state index contributed by atoms with van der Waals surface area (Å²) in [5.74, 6) is -0.435. The van der Waals surface area contributed by atoms with Crippen LogP contribution in [0.5, 0.6) is 23.0 Å². The summed E-state index contributed by atoms with van der Waals surface area (Å²) >= 11 is 6.38. The van der Waals surface area contributed by atoms with Gasteiger partial charge in [-0.3, -0.25) is 48.8 Å². The first-order chi connectivity index (χ1) is 63.3. The lowest BCUT2D eigenvalue weighted by atomic mass is 9.79. The molecule has 4 aromatic heterocycles. The number of nitrogens with one attached hydrogen (secondary N) is 1. The van der Waals surface area contributed by atoms with Gasteiger partial charge < -0.3 is 62.3 Å². The summed E-state index contributed by atoms with van der Waals surface area (Å²) in [6, 6.07) is 45.7. The van der Waals surface area contributed by atoms with Crippen LogP contribution in [-0.4, -0.2) is 228 Å². The van der Waals surface area contributed by atoms with Gasteiger partial charge in [0.05, 0.1) is 63.1 Å². The number of nitrogens with zero attached hydrogens (tertiary/aromatic N) is 12. The van der Waals surface area contributed by atoms with Crippen LogP contribution >= 0.6 is 11.6 Å². The number of hydrogen-bond acceptors (Lipinski definition) is 16. The van der Waals surface area contributed by atoms with Crippen LogP contribution in [0.15, 0.2) is 152 Å². The van der Waals surface area contributed by atoms with Gasteiger partial charge in [-0.25, -0.2) is 4.39 Å². The number of aryl methyl sites for hydroxylation is 1. The molecule has 8 aliphatic rings. The smallest absolute Gasteiger partial charge is 0.456 e. The number of benzene rings is 5. The minimum absolute atomic E-state index is 0. The molecule has 9 aromatic rings. The summed E-state index contributed by atoms with van der Waals surface area (Å²) in [6.07, 6.45) is -3.54. The fraction of sp³-hybridized carbons (Fsp3) is 0.480. The summed E-state index contributed by atoms with van der Waals surface area (Å²) in [6.45, 7) is 27.8. The zero-order valence-electron chi connectivity index (χ0n) is 78.4. The fourth-order valence-electron chi connectivity index (χ4n) is 20.7. The van der Waals surface area contributed by atoms with E-state index in [-0.39, 0.29) is 87.7 Å². The third-order valence-electron chi connectivity index (χ3n) is 27.9. The molecule has 4 amide bonds. The van der Waals surface area contributed by atoms with Crippen LogP contribution in [0.4, 0.5) is 30.7 Å². The number of fused-ring (bicyclic) bond motifs is 8. The van der Waals surface area contributed by atoms with E-state index in [0.29, 0.717) is 154 Å². The molecule has 17 rings (SSSR count). The summed E-state index contributed by atoms with van der Waals surface area (Å²) in [4.78, 5) is 90.8. The molecule has 0 unspecified atom stereocenters. The predicted octanol–water partition coefficient (Wildman–Crippen LogP) is 18.1. The van der Waals surface area contributed by atoms with Crippen molar-refractivity contribution in [3.8, 4) is 40.2 Å². The van der Waals surface area contributed by atoms with Crippen LogP contribution < -0.4 is 19.5 Å². The Kier molecular flexibility index (Phi) is 28.9. The van der Waals surface area contributed by atoms with E-state index in [4.69, 9.17) is 25.8 Å². The minimum atomic E-state index is -4.95.